The molecule has 1 amide bonds. The fourth-order valence-corrected chi connectivity index (χ4v) is 2.84. The number of ether oxygens (including phenoxy) is 2. The average Bonchev–Trinajstić information content (AvgIpc) is 2.62. The molecule has 0 unspecified atom stereocenters. The number of esters is 1. The van der Waals surface area contributed by atoms with Crippen LogP contribution in [0.4, 0.5) is 24.5 Å². The SMILES string of the molecule is C[C@@H]1CN(C(=O)COC(=O)CNc2ccc(C(F)(F)F)cc2[N+](=O)[O-])C[C@@H](C)O1. The van der Waals surface area contributed by atoms with Gasteiger partial charge < -0.3 is 19.7 Å². The highest BCUT2D eigenvalue weighted by molar-refractivity contribution is 5.82. The number of carbonyl (C=O) groups is 2. The normalized spacial score (nSPS) is 19.6. The predicted octanol–water partition coefficient (Wildman–Crippen LogP) is 2.20. The van der Waals surface area contributed by atoms with E-state index in [9.17, 15) is 32.9 Å². The molecule has 0 radical (unpaired) electrons. The largest absolute Gasteiger partial charge is 0.454 e. The second-order valence-corrected chi connectivity index (χ2v) is 6.56. The summed E-state index contributed by atoms with van der Waals surface area (Å²) >= 11 is 0. The van der Waals surface area contributed by atoms with Crippen molar-refractivity contribution >= 4 is 23.3 Å². The molecule has 0 saturated carbocycles. The second kappa shape index (κ2) is 9.07. The van der Waals surface area contributed by atoms with Crippen molar-refractivity contribution in [3.63, 3.8) is 0 Å². The Morgan fingerprint density at radius 2 is 1.93 bits per heavy atom. The number of nitrogens with one attached hydrogen (secondary N) is 1. The van der Waals surface area contributed by atoms with Gasteiger partial charge in [0.15, 0.2) is 6.61 Å². The van der Waals surface area contributed by atoms with Crippen LogP contribution >= 0.6 is 0 Å². The molecule has 0 aliphatic carbocycles. The number of carbonyl (C=O) groups excluding carboxylic acids is 2. The summed E-state index contributed by atoms with van der Waals surface area (Å²) in [6, 6.07) is 1.89. The molecule has 1 aliphatic heterocycles. The monoisotopic (exact) mass is 419 g/mol. The number of nitrogens with zero attached hydrogens (tertiary/aromatic N) is 2. The van der Waals surface area contributed by atoms with Crippen LogP contribution in [0.15, 0.2) is 18.2 Å². The number of morpholine rings is 1. The van der Waals surface area contributed by atoms with Gasteiger partial charge in [-0.2, -0.15) is 13.2 Å². The topological polar surface area (TPSA) is 111 Å². The van der Waals surface area contributed by atoms with Gasteiger partial charge in [0.05, 0.1) is 22.7 Å². The third-order valence-corrected chi connectivity index (χ3v) is 4.07. The van der Waals surface area contributed by atoms with Crippen molar-refractivity contribution in [1.82, 2.24) is 4.90 Å². The van der Waals surface area contributed by atoms with Crippen LogP contribution in [0, 0.1) is 10.1 Å². The Labute approximate surface area is 163 Å². The highest BCUT2D eigenvalue weighted by Gasteiger charge is 2.33. The molecule has 160 valence electrons. The maximum absolute atomic E-state index is 12.7. The van der Waals surface area contributed by atoms with Gasteiger partial charge in [-0.05, 0) is 26.0 Å². The third kappa shape index (κ3) is 6.31. The van der Waals surface area contributed by atoms with Gasteiger partial charge in [-0.1, -0.05) is 0 Å². The summed E-state index contributed by atoms with van der Waals surface area (Å²) in [6.07, 6.45) is -5.04. The molecule has 1 aromatic rings. The summed E-state index contributed by atoms with van der Waals surface area (Å²) < 4.78 is 48.4. The van der Waals surface area contributed by atoms with Gasteiger partial charge in [0.25, 0.3) is 11.6 Å². The Morgan fingerprint density at radius 1 is 1.31 bits per heavy atom. The van der Waals surface area contributed by atoms with Crippen molar-refractivity contribution in [1.29, 1.82) is 0 Å². The molecule has 1 N–H and O–H groups in total. The van der Waals surface area contributed by atoms with Gasteiger partial charge in [-0.15, -0.1) is 0 Å². The molecule has 9 nitrogen and oxygen atoms in total. The molecule has 1 fully saturated rings. The van der Waals surface area contributed by atoms with Crippen LogP contribution in [-0.4, -0.2) is 60.1 Å². The van der Waals surface area contributed by atoms with Crippen molar-refractivity contribution in [2.75, 3.05) is 31.6 Å². The number of amides is 1. The van der Waals surface area contributed by atoms with Gasteiger partial charge in [-0.25, -0.2) is 0 Å². The average molecular weight is 419 g/mol. The van der Waals surface area contributed by atoms with Gasteiger partial charge in [0.2, 0.25) is 0 Å². The van der Waals surface area contributed by atoms with Crippen LogP contribution in [0.5, 0.6) is 0 Å². The molecule has 1 aromatic carbocycles. The number of hydrogen-bond acceptors (Lipinski definition) is 7. The van der Waals surface area contributed by atoms with Crippen LogP contribution in [0.1, 0.15) is 19.4 Å². The van der Waals surface area contributed by atoms with E-state index in [1.54, 1.807) is 0 Å². The molecule has 1 saturated heterocycles. The number of rotatable bonds is 6. The van der Waals surface area contributed by atoms with E-state index in [4.69, 9.17) is 9.47 Å². The van der Waals surface area contributed by atoms with E-state index in [0.29, 0.717) is 25.2 Å². The summed E-state index contributed by atoms with van der Waals surface area (Å²) in [5, 5.41) is 13.4. The minimum absolute atomic E-state index is 0.153. The lowest BCUT2D eigenvalue weighted by Crippen LogP contribution is -2.49. The zero-order valence-electron chi connectivity index (χ0n) is 15.7. The number of benzene rings is 1. The zero-order valence-corrected chi connectivity index (χ0v) is 15.7. The molecule has 2 rings (SSSR count). The first-order chi connectivity index (χ1) is 13.5. The van der Waals surface area contributed by atoms with Crippen molar-refractivity contribution in [3.8, 4) is 0 Å². The van der Waals surface area contributed by atoms with E-state index < -0.39 is 47.4 Å². The Bertz CT molecular complexity index is 776. The van der Waals surface area contributed by atoms with E-state index in [-0.39, 0.29) is 17.9 Å². The van der Waals surface area contributed by atoms with Crippen LogP contribution < -0.4 is 5.32 Å². The molecule has 29 heavy (non-hydrogen) atoms. The number of nitro benzene ring substituents is 1. The quantitative estimate of drug-likeness (QED) is 0.428. The molecule has 0 bridgehead atoms. The highest BCUT2D eigenvalue weighted by Crippen LogP contribution is 2.34. The minimum Gasteiger partial charge on any atom is -0.454 e. The number of anilines is 1. The van der Waals surface area contributed by atoms with Gasteiger partial charge in [0, 0.05) is 19.2 Å². The fourth-order valence-electron chi connectivity index (χ4n) is 2.84. The number of halogens is 3. The van der Waals surface area contributed by atoms with Gasteiger partial charge >= 0.3 is 12.1 Å². The zero-order chi connectivity index (χ0) is 21.8. The molecule has 1 aliphatic rings. The van der Waals surface area contributed by atoms with Crippen molar-refractivity contribution in [2.24, 2.45) is 0 Å². The van der Waals surface area contributed by atoms with E-state index in [0.717, 1.165) is 6.07 Å². The second-order valence-electron chi connectivity index (χ2n) is 6.56. The van der Waals surface area contributed by atoms with Crippen LogP contribution in [0.3, 0.4) is 0 Å². The Morgan fingerprint density at radius 3 is 2.48 bits per heavy atom. The van der Waals surface area contributed by atoms with E-state index in [1.165, 1.54) is 4.90 Å². The maximum Gasteiger partial charge on any atom is 0.416 e. The Balaban J connectivity index is 1.90. The van der Waals surface area contributed by atoms with E-state index in [2.05, 4.69) is 5.32 Å². The molecule has 1 heterocycles. The maximum atomic E-state index is 12.7. The summed E-state index contributed by atoms with van der Waals surface area (Å²) in [5.41, 5.74) is -2.29. The first-order valence-corrected chi connectivity index (χ1v) is 8.65. The standard InChI is InChI=1S/C17H20F3N3O6/c1-10-7-22(8-11(2)29-10)15(24)9-28-16(25)6-21-13-4-3-12(17(18,19)20)5-14(13)23(26)27/h3-5,10-11,21H,6-9H2,1-2H3/t10-,11-/m1/s1. The minimum atomic E-state index is -4.74. The molecule has 2 atom stereocenters. The lowest BCUT2D eigenvalue weighted by Gasteiger charge is -2.35. The number of alkyl halides is 3. The predicted molar refractivity (Wildman–Crippen MR) is 94.1 cm³/mol. The Hall–Kier alpha value is -2.89. The summed E-state index contributed by atoms with van der Waals surface area (Å²) in [7, 11) is 0. The first-order valence-electron chi connectivity index (χ1n) is 8.65. The van der Waals surface area contributed by atoms with Crippen molar-refractivity contribution in [3.05, 3.63) is 33.9 Å². The molecular weight excluding hydrogens is 399 g/mol. The highest BCUT2D eigenvalue weighted by atomic mass is 19.4. The summed E-state index contributed by atoms with van der Waals surface area (Å²) in [4.78, 5) is 35.4. The van der Waals surface area contributed by atoms with Gasteiger partial charge in [-0.3, -0.25) is 19.7 Å². The third-order valence-electron chi connectivity index (χ3n) is 4.07. The lowest BCUT2D eigenvalue weighted by atomic mass is 10.1. The molecular formula is C17H20F3N3O6. The summed E-state index contributed by atoms with van der Waals surface area (Å²) in [5.74, 6) is -1.30. The fraction of sp³-hybridized carbons (Fsp3) is 0.529. The smallest absolute Gasteiger partial charge is 0.416 e. The van der Waals surface area contributed by atoms with Crippen LogP contribution in [-0.2, 0) is 25.2 Å². The molecule has 0 aromatic heterocycles. The molecule has 12 heteroatoms. The van der Waals surface area contributed by atoms with E-state index >= 15 is 0 Å². The van der Waals surface area contributed by atoms with Gasteiger partial charge in [0.1, 0.15) is 12.2 Å². The Kier molecular flexibility index (Phi) is 7.01. The van der Waals surface area contributed by atoms with Crippen LogP contribution in [0.2, 0.25) is 0 Å². The number of hydrogen-bond donors (Lipinski definition) is 1. The van der Waals surface area contributed by atoms with Crippen molar-refractivity contribution in [2.45, 2.75) is 32.2 Å². The molecule has 0 spiro atoms. The van der Waals surface area contributed by atoms with Crippen LogP contribution in [0.25, 0.3) is 0 Å². The van der Waals surface area contributed by atoms with E-state index in [1.807, 2.05) is 13.8 Å². The first kappa shape index (κ1) is 22.4. The number of nitro groups is 1. The summed E-state index contributed by atoms with van der Waals surface area (Å²) in [6.45, 7) is 3.25. The lowest BCUT2D eigenvalue weighted by molar-refractivity contribution is -0.384. The van der Waals surface area contributed by atoms with Crippen molar-refractivity contribution < 1.29 is 37.2 Å².